The van der Waals surface area contributed by atoms with Gasteiger partial charge in [-0.1, -0.05) is 6.92 Å². The van der Waals surface area contributed by atoms with E-state index in [1.54, 1.807) is 26.0 Å². The summed E-state index contributed by atoms with van der Waals surface area (Å²) < 4.78 is 9.75. The molecule has 0 bridgehead atoms. The number of carbonyl (C=O) groups excluding carboxylic acids is 2. The van der Waals surface area contributed by atoms with Gasteiger partial charge in [0.05, 0.1) is 31.4 Å². The molecular formula is C14H20N2O4. The van der Waals surface area contributed by atoms with Crippen LogP contribution in [0.2, 0.25) is 0 Å². The number of rotatable bonds is 5. The zero-order chi connectivity index (χ0) is 15.3. The normalized spacial score (nSPS) is 13.2. The van der Waals surface area contributed by atoms with Gasteiger partial charge in [-0.15, -0.1) is 0 Å². The number of hydrogen-bond donors (Lipinski definition) is 2. The predicted octanol–water partition coefficient (Wildman–Crippen LogP) is 1.40. The molecule has 6 nitrogen and oxygen atoms in total. The topological polar surface area (TPSA) is 90.6 Å². The summed E-state index contributed by atoms with van der Waals surface area (Å²) in [6, 6.07) is 4.47. The zero-order valence-electron chi connectivity index (χ0n) is 12.1. The summed E-state index contributed by atoms with van der Waals surface area (Å²) in [7, 11) is 2.77. The number of nitrogens with one attached hydrogen (secondary N) is 1. The highest BCUT2D eigenvalue weighted by Gasteiger charge is 2.20. The number of nitrogens with two attached hydrogens (primary N) is 1. The summed E-state index contributed by atoms with van der Waals surface area (Å²) in [5.41, 5.74) is 6.29. The molecule has 0 aliphatic carbocycles. The van der Waals surface area contributed by atoms with Crippen LogP contribution in [0.3, 0.4) is 0 Å². The van der Waals surface area contributed by atoms with E-state index in [0.717, 1.165) is 0 Å². The molecule has 0 aromatic heterocycles. The van der Waals surface area contributed by atoms with Gasteiger partial charge in [0.1, 0.15) is 5.75 Å². The highest BCUT2D eigenvalue weighted by atomic mass is 16.5. The van der Waals surface area contributed by atoms with Crippen LogP contribution in [0.5, 0.6) is 5.75 Å². The summed E-state index contributed by atoms with van der Waals surface area (Å²) >= 11 is 0. The molecule has 110 valence electrons. The van der Waals surface area contributed by atoms with Crippen molar-refractivity contribution in [2.45, 2.75) is 19.9 Å². The van der Waals surface area contributed by atoms with Gasteiger partial charge in [0, 0.05) is 6.04 Å². The fourth-order valence-corrected chi connectivity index (χ4v) is 1.52. The Morgan fingerprint density at radius 1 is 1.25 bits per heavy atom. The molecule has 0 aliphatic rings. The Balaban J connectivity index is 3.05. The molecule has 1 aromatic rings. The van der Waals surface area contributed by atoms with Gasteiger partial charge in [0.2, 0.25) is 5.91 Å². The maximum atomic E-state index is 12.0. The van der Waals surface area contributed by atoms with E-state index in [1.807, 2.05) is 0 Å². The van der Waals surface area contributed by atoms with E-state index in [2.05, 4.69) is 5.32 Å². The number of esters is 1. The second-order valence-corrected chi connectivity index (χ2v) is 4.54. The molecule has 3 N–H and O–H groups in total. The Labute approximate surface area is 118 Å². The molecule has 1 rings (SSSR count). The fraction of sp³-hybridized carbons (Fsp3) is 0.429. The second kappa shape index (κ2) is 6.91. The van der Waals surface area contributed by atoms with Crippen molar-refractivity contribution >= 4 is 17.6 Å². The SMILES string of the molecule is COC(=O)c1cc(OC)ccc1NC(=O)C(C)C(C)N. The van der Waals surface area contributed by atoms with Crippen molar-refractivity contribution in [2.24, 2.45) is 11.7 Å². The van der Waals surface area contributed by atoms with Gasteiger partial charge in [-0.05, 0) is 25.1 Å². The van der Waals surface area contributed by atoms with Gasteiger partial charge in [-0.3, -0.25) is 4.79 Å². The van der Waals surface area contributed by atoms with E-state index in [1.165, 1.54) is 20.3 Å². The minimum absolute atomic E-state index is 0.233. The lowest BCUT2D eigenvalue weighted by molar-refractivity contribution is -0.119. The molecule has 1 amide bonds. The first-order chi connectivity index (χ1) is 9.40. The average Bonchev–Trinajstić information content (AvgIpc) is 2.45. The van der Waals surface area contributed by atoms with E-state index < -0.39 is 5.97 Å². The third kappa shape index (κ3) is 3.71. The molecule has 0 saturated carbocycles. The molecule has 0 saturated heterocycles. The first-order valence-corrected chi connectivity index (χ1v) is 6.23. The first-order valence-electron chi connectivity index (χ1n) is 6.23. The van der Waals surface area contributed by atoms with Crippen molar-refractivity contribution in [3.05, 3.63) is 23.8 Å². The third-order valence-electron chi connectivity index (χ3n) is 3.09. The lowest BCUT2D eigenvalue weighted by atomic mass is 10.0. The summed E-state index contributed by atoms with van der Waals surface area (Å²) in [6.45, 7) is 3.47. The molecule has 0 radical (unpaired) electrons. The largest absolute Gasteiger partial charge is 0.497 e. The lowest BCUT2D eigenvalue weighted by Gasteiger charge is -2.17. The van der Waals surface area contributed by atoms with Gasteiger partial charge in [-0.25, -0.2) is 4.79 Å². The van der Waals surface area contributed by atoms with Crippen molar-refractivity contribution in [1.82, 2.24) is 0 Å². The van der Waals surface area contributed by atoms with Crippen LogP contribution in [-0.2, 0) is 9.53 Å². The summed E-state index contributed by atoms with van der Waals surface area (Å²) in [6.07, 6.45) is 0. The minimum atomic E-state index is -0.548. The van der Waals surface area contributed by atoms with Crippen LogP contribution in [0.1, 0.15) is 24.2 Å². The Hall–Kier alpha value is -2.08. The number of carbonyl (C=O) groups is 2. The highest BCUT2D eigenvalue weighted by molar-refractivity contribution is 6.02. The predicted molar refractivity (Wildman–Crippen MR) is 75.8 cm³/mol. The van der Waals surface area contributed by atoms with E-state index in [0.29, 0.717) is 11.4 Å². The third-order valence-corrected chi connectivity index (χ3v) is 3.09. The lowest BCUT2D eigenvalue weighted by Crippen LogP contribution is -2.34. The van der Waals surface area contributed by atoms with Gasteiger partial charge < -0.3 is 20.5 Å². The standard InChI is InChI=1S/C14H20N2O4/c1-8(9(2)15)13(17)16-12-6-5-10(19-3)7-11(12)14(18)20-4/h5-9H,15H2,1-4H3,(H,16,17). The summed E-state index contributed by atoms with van der Waals surface area (Å²) in [5, 5.41) is 2.68. The number of benzene rings is 1. The molecule has 20 heavy (non-hydrogen) atoms. The van der Waals surface area contributed by atoms with Crippen LogP contribution >= 0.6 is 0 Å². The van der Waals surface area contributed by atoms with Crippen LogP contribution in [-0.4, -0.2) is 32.1 Å². The van der Waals surface area contributed by atoms with Crippen LogP contribution in [0.4, 0.5) is 5.69 Å². The van der Waals surface area contributed by atoms with Gasteiger partial charge >= 0.3 is 5.97 Å². The molecule has 6 heteroatoms. The second-order valence-electron chi connectivity index (χ2n) is 4.54. The van der Waals surface area contributed by atoms with Crippen molar-refractivity contribution in [1.29, 1.82) is 0 Å². The molecular weight excluding hydrogens is 260 g/mol. The maximum absolute atomic E-state index is 12.0. The number of methoxy groups -OCH3 is 2. The Kier molecular flexibility index (Phi) is 5.52. The smallest absolute Gasteiger partial charge is 0.340 e. The number of ether oxygens (including phenoxy) is 2. The van der Waals surface area contributed by atoms with Crippen molar-refractivity contribution in [3.8, 4) is 5.75 Å². The Bertz CT molecular complexity index is 500. The molecule has 0 spiro atoms. The first kappa shape index (κ1) is 16.0. The van der Waals surface area contributed by atoms with E-state index in [9.17, 15) is 9.59 Å². The molecule has 2 unspecified atom stereocenters. The van der Waals surface area contributed by atoms with Gasteiger partial charge in [0.15, 0.2) is 0 Å². The van der Waals surface area contributed by atoms with E-state index in [4.69, 9.17) is 15.2 Å². The van der Waals surface area contributed by atoms with E-state index >= 15 is 0 Å². The quantitative estimate of drug-likeness (QED) is 0.796. The fourth-order valence-electron chi connectivity index (χ4n) is 1.52. The highest BCUT2D eigenvalue weighted by Crippen LogP contribution is 2.23. The van der Waals surface area contributed by atoms with Crippen LogP contribution < -0.4 is 15.8 Å². The number of amides is 1. The van der Waals surface area contributed by atoms with Crippen molar-refractivity contribution in [3.63, 3.8) is 0 Å². The summed E-state index contributed by atoms with van der Waals surface area (Å²) in [5.74, 6) is -0.672. The number of anilines is 1. The molecule has 2 atom stereocenters. The molecule has 0 aliphatic heterocycles. The Morgan fingerprint density at radius 2 is 1.90 bits per heavy atom. The maximum Gasteiger partial charge on any atom is 0.340 e. The molecule has 0 fully saturated rings. The van der Waals surface area contributed by atoms with E-state index in [-0.39, 0.29) is 23.4 Å². The van der Waals surface area contributed by atoms with Crippen molar-refractivity contribution < 1.29 is 19.1 Å². The zero-order valence-corrected chi connectivity index (χ0v) is 12.1. The van der Waals surface area contributed by atoms with Gasteiger partial charge in [-0.2, -0.15) is 0 Å². The van der Waals surface area contributed by atoms with Crippen molar-refractivity contribution in [2.75, 3.05) is 19.5 Å². The van der Waals surface area contributed by atoms with Crippen LogP contribution in [0, 0.1) is 5.92 Å². The van der Waals surface area contributed by atoms with Crippen LogP contribution in [0.15, 0.2) is 18.2 Å². The molecule has 0 heterocycles. The average molecular weight is 280 g/mol. The molecule has 1 aromatic carbocycles. The van der Waals surface area contributed by atoms with Gasteiger partial charge in [0.25, 0.3) is 0 Å². The minimum Gasteiger partial charge on any atom is -0.497 e. The number of hydrogen-bond acceptors (Lipinski definition) is 5. The summed E-state index contributed by atoms with van der Waals surface area (Å²) in [4.78, 5) is 23.7. The monoisotopic (exact) mass is 280 g/mol. The Morgan fingerprint density at radius 3 is 2.40 bits per heavy atom. The van der Waals surface area contributed by atoms with Crippen LogP contribution in [0.25, 0.3) is 0 Å².